The number of fused-ring (bicyclic) bond motifs is 4. The predicted molar refractivity (Wildman–Crippen MR) is 174 cm³/mol. The van der Waals surface area contributed by atoms with Crippen LogP contribution >= 0.6 is 0 Å². The van der Waals surface area contributed by atoms with Crippen LogP contribution in [-0.4, -0.2) is 0 Å². The fraction of sp³-hybridized carbons (Fsp3) is 0. The molecule has 0 nitrogen and oxygen atoms in total. The van der Waals surface area contributed by atoms with Crippen LogP contribution in [0.5, 0.6) is 0 Å². The highest BCUT2D eigenvalue weighted by atomic mass is 14.2. The third-order valence-corrected chi connectivity index (χ3v) is 7.96. The Labute approximate surface area is 247 Å². The van der Waals surface area contributed by atoms with Crippen molar-refractivity contribution in [3.8, 4) is 22.3 Å². The van der Waals surface area contributed by atoms with Crippen molar-refractivity contribution in [2.75, 3.05) is 0 Å². The van der Waals surface area contributed by atoms with Gasteiger partial charge < -0.3 is 0 Å². The maximum Gasteiger partial charge on any atom is 0.0636 e. The van der Waals surface area contributed by atoms with Gasteiger partial charge in [0.05, 0.1) is 15.1 Å². The van der Waals surface area contributed by atoms with E-state index in [0.29, 0.717) is 5.56 Å². The quantitative estimate of drug-likeness (QED) is 0.159. The summed E-state index contributed by atoms with van der Waals surface area (Å²) >= 11 is 0. The first-order valence-corrected chi connectivity index (χ1v) is 13.1. The normalized spacial score (nSPS) is 15.8. The molecule has 0 aliphatic carbocycles. The van der Waals surface area contributed by atoms with Crippen LogP contribution in [-0.2, 0) is 0 Å². The molecule has 0 bridgehead atoms. The molecule has 0 heterocycles. The molecule has 9 rings (SSSR count). The lowest BCUT2D eigenvalue weighted by atomic mass is 9.84. The van der Waals surface area contributed by atoms with Crippen molar-refractivity contribution in [2.45, 2.75) is 0 Å². The van der Waals surface area contributed by atoms with E-state index < -0.39 is 66.5 Å². The Kier molecular flexibility index (Phi) is 2.80. The monoisotopic (exact) mass is 515 g/mol. The van der Waals surface area contributed by atoms with Crippen molar-refractivity contribution in [1.29, 1.82) is 0 Å². The zero-order chi connectivity index (χ0) is 35.8. The lowest BCUT2D eigenvalue weighted by Crippen LogP contribution is -1.91. The molecule has 40 heavy (non-hydrogen) atoms. The van der Waals surface area contributed by atoms with Crippen molar-refractivity contribution in [3.05, 3.63) is 145 Å². The van der Waals surface area contributed by atoms with E-state index in [9.17, 15) is 2.74 Å². The second kappa shape index (κ2) is 8.15. The van der Waals surface area contributed by atoms with E-state index in [1.54, 1.807) is 0 Å². The van der Waals surface area contributed by atoms with Gasteiger partial charge >= 0.3 is 0 Å². The van der Waals surface area contributed by atoms with Crippen LogP contribution < -0.4 is 0 Å². The highest BCUT2D eigenvalue weighted by Gasteiger charge is 2.18. The number of benzene rings is 9. The Morgan fingerprint density at radius 3 is 1.77 bits per heavy atom. The van der Waals surface area contributed by atoms with E-state index >= 15 is 0 Å². The Morgan fingerprint density at radius 2 is 1.00 bits per heavy atom. The van der Waals surface area contributed by atoms with Crippen molar-refractivity contribution >= 4 is 64.6 Å². The lowest BCUT2D eigenvalue weighted by molar-refractivity contribution is 1.66. The molecular weight excluding hydrogens is 480 g/mol. The van der Waals surface area contributed by atoms with Gasteiger partial charge in [-0.1, -0.05) is 139 Å². The van der Waals surface area contributed by atoms with Gasteiger partial charge in [-0.3, -0.25) is 0 Å². The molecule has 0 spiro atoms. The van der Waals surface area contributed by atoms with Gasteiger partial charge in [-0.25, -0.2) is 0 Å². The molecule has 0 heteroatoms. The minimum absolute atomic E-state index is 0.00611. The Bertz CT molecular complexity index is 3030. The topological polar surface area (TPSA) is 0 Å². The number of hydrogen-bond donors (Lipinski definition) is 0. The maximum absolute atomic E-state index is 9.43. The molecule has 0 atom stereocenters. The molecule has 0 saturated carbocycles. The summed E-state index contributed by atoms with van der Waals surface area (Å²) in [4.78, 5) is 0. The van der Waals surface area contributed by atoms with E-state index in [4.69, 9.17) is 12.3 Å². The smallest absolute Gasteiger partial charge is 0.0622 e. The first kappa shape index (κ1) is 13.7. The minimum atomic E-state index is -0.573. The summed E-state index contributed by atoms with van der Waals surface area (Å²) in [6.07, 6.45) is 0. The summed E-state index contributed by atoms with van der Waals surface area (Å²) in [5.74, 6) is 0. The van der Waals surface area contributed by atoms with Gasteiger partial charge in [-0.15, -0.1) is 0 Å². The molecule has 184 valence electrons. The summed E-state index contributed by atoms with van der Waals surface area (Å²) in [6, 6.07) is 20.7. The van der Waals surface area contributed by atoms with E-state index in [2.05, 4.69) is 30.3 Å². The SMILES string of the molecule is [2H]c1c([2H])c([2H])c2c([2H])c3c(c([2H])c([2H])c4c([2H])c([2H])c([2H])c([2H])c43)c(-c3ccc4ccc5c(-c6ccccc6)ccc6ccc3c4c65)c2c1[2H]. The van der Waals surface area contributed by atoms with Gasteiger partial charge in [0, 0.05) is 0 Å². The van der Waals surface area contributed by atoms with E-state index in [1.165, 1.54) is 0 Å². The number of hydrogen-bond acceptors (Lipinski definition) is 0. The van der Waals surface area contributed by atoms with Gasteiger partial charge in [-0.05, 0) is 92.9 Å². The van der Waals surface area contributed by atoms with Gasteiger partial charge in [0.25, 0.3) is 0 Å². The summed E-state index contributed by atoms with van der Waals surface area (Å²) in [6.45, 7) is 0. The van der Waals surface area contributed by atoms with Gasteiger partial charge in [-0.2, -0.15) is 0 Å². The van der Waals surface area contributed by atoms with Crippen LogP contribution in [0.1, 0.15) is 15.1 Å². The van der Waals surface area contributed by atoms with Crippen LogP contribution in [0.25, 0.3) is 86.9 Å². The third kappa shape index (κ3) is 2.96. The van der Waals surface area contributed by atoms with E-state index in [-0.39, 0.29) is 37.9 Å². The van der Waals surface area contributed by atoms with Crippen LogP contribution in [0.2, 0.25) is 0 Å². The molecule has 0 fully saturated rings. The van der Waals surface area contributed by atoms with Crippen molar-refractivity contribution in [3.63, 3.8) is 0 Å². The fourth-order valence-corrected chi connectivity index (χ4v) is 6.22. The molecule has 0 aliphatic rings. The van der Waals surface area contributed by atoms with Crippen LogP contribution in [0, 0.1) is 0 Å². The second-order valence-corrected chi connectivity index (χ2v) is 10.0. The molecule has 9 aromatic carbocycles. The molecule has 0 saturated heterocycles. The predicted octanol–water partition coefficient (Wildman–Crippen LogP) is 11.4. The average Bonchev–Trinajstić information content (AvgIpc) is 3.15. The minimum Gasteiger partial charge on any atom is -0.0622 e. The Morgan fingerprint density at radius 1 is 0.375 bits per heavy atom. The highest BCUT2D eigenvalue weighted by molar-refractivity contribution is 6.30. The van der Waals surface area contributed by atoms with Crippen molar-refractivity contribution < 1.29 is 15.1 Å². The van der Waals surface area contributed by atoms with Gasteiger partial charge in [0.1, 0.15) is 0 Å². The van der Waals surface area contributed by atoms with Crippen LogP contribution in [0.4, 0.5) is 0 Å². The molecule has 0 aliphatic heterocycles. The summed E-state index contributed by atoms with van der Waals surface area (Å²) < 4.78 is 97.5. The highest BCUT2D eigenvalue weighted by Crippen LogP contribution is 2.46. The molecule has 0 N–H and O–H groups in total. The van der Waals surface area contributed by atoms with Crippen molar-refractivity contribution in [1.82, 2.24) is 0 Å². The lowest BCUT2D eigenvalue weighted by Gasteiger charge is -2.19. The molecular formula is C40H24. The molecule has 0 unspecified atom stereocenters. The number of rotatable bonds is 2. The molecule has 0 amide bonds. The van der Waals surface area contributed by atoms with E-state index in [0.717, 1.165) is 43.4 Å². The van der Waals surface area contributed by atoms with Crippen LogP contribution in [0.3, 0.4) is 0 Å². The summed E-state index contributed by atoms with van der Waals surface area (Å²) in [5.41, 5.74) is 2.81. The Balaban J connectivity index is 1.57. The fourth-order valence-electron chi connectivity index (χ4n) is 6.22. The summed E-state index contributed by atoms with van der Waals surface area (Å²) in [7, 11) is 0. The second-order valence-electron chi connectivity index (χ2n) is 10.0. The standard InChI is InChI=1S/C40H24/c1-2-8-25(9-3-1)31-19-15-27-17-22-34-35(23-18-28-16-21-33(31)38(27)39(28)34)40-32-13-7-5-11-29(32)24-37-30-12-6-4-10-26(30)14-20-36(37)40/h1-24H/i4D,5D,6D,7D,10D,11D,12D,13D,14D,20D,24D. The van der Waals surface area contributed by atoms with Gasteiger partial charge in [0.15, 0.2) is 0 Å². The maximum atomic E-state index is 9.43. The van der Waals surface area contributed by atoms with Gasteiger partial charge in [0.2, 0.25) is 0 Å². The molecule has 0 aromatic heterocycles. The Hall–Kier alpha value is -5.20. The first-order chi connectivity index (χ1) is 24.4. The molecule has 0 radical (unpaired) electrons. The largest absolute Gasteiger partial charge is 0.0636 e. The zero-order valence-corrected chi connectivity index (χ0v) is 21.0. The first-order valence-electron chi connectivity index (χ1n) is 18.6. The third-order valence-electron chi connectivity index (χ3n) is 7.96. The average molecular weight is 516 g/mol. The zero-order valence-electron chi connectivity index (χ0n) is 32.0. The summed E-state index contributed by atoms with van der Waals surface area (Å²) in [5, 5.41) is 5.02. The molecule has 9 aromatic rings. The van der Waals surface area contributed by atoms with Crippen molar-refractivity contribution in [2.24, 2.45) is 0 Å². The van der Waals surface area contributed by atoms with Crippen LogP contribution in [0.15, 0.2) is 145 Å². The van der Waals surface area contributed by atoms with E-state index in [1.807, 2.05) is 48.5 Å².